The second-order valence-corrected chi connectivity index (χ2v) is 5.37. The number of aryl methyl sites for hydroxylation is 1. The Labute approximate surface area is 106 Å². The highest BCUT2D eigenvalue weighted by atomic mass is 32.1. The van der Waals surface area contributed by atoms with E-state index in [9.17, 15) is 4.79 Å². The molecular weight excluding hydrogens is 234 g/mol. The van der Waals surface area contributed by atoms with Crippen molar-refractivity contribution in [3.05, 3.63) is 21.9 Å². The van der Waals surface area contributed by atoms with E-state index in [1.165, 1.54) is 11.3 Å². The molecule has 1 saturated heterocycles. The van der Waals surface area contributed by atoms with Crippen LogP contribution < -0.4 is 0 Å². The van der Waals surface area contributed by atoms with E-state index in [2.05, 4.69) is 11.8 Å². The number of ketones is 1. The Morgan fingerprint density at radius 2 is 2.47 bits per heavy atom. The first-order valence-corrected chi connectivity index (χ1v) is 7.02. The molecule has 1 aromatic rings. The number of morpholine rings is 1. The molecule has 94 valence electrons. The van der Waals surface area contributed by atoms with Crippen LogP contribution in [0.15, 0.2) is 11.4 Å². The van der Waals surface area contributed by atoms with Gasteiger partial charge in [-0.25, -0.2) is 0 Å². The lowest BCUT2D eigenvalue weighted by molar-refractivity contribution is -0.0161. The zero-order chi connectivity index (χ0) is 12.3. The van der Waals surface area contributed by atoms with Crippen molar-refractivity contribution in [1.29, 1.82) is 0 Å². The molecule has 0 radical (unpaired) electrons. The molecule has 2 heterocycles. The summed E-state index contributed by atoms with van der Waals surface area (Å²) in [5, 5.41) is 1.97. The number of hydrogen-bond donors (Lipinski definition) is 0. The number of thiophene rings is 1. The lowest BCUT2D eigenvalue weighted by atomic mass is 10.1. The minimum absolute atomic E-state index is 0.151. The number of nitrogens with zero attached hydrogens (tertiary/aromatic N) is 1. The SMILES string of the molecule is CCCN1CCOC(C(=O)c2sccc2C)C1. The second kappa shape index (κ2) is 5.76. The van der Waals surface area contributed by atoms with Gasteiger partial charge in [0, 0.05) is 13.1 Å². The van der Waals surface area contributed by atoms with Gasteiger partial charge in [-0.1, -0.05) is 6.92 Å². The van der Waals surface area contributed by atoms with Crippen LogP contribution in [0.3, 0.4) is 0 Å². The molecule has 1 aliphatic heterocycles. The zero-order valence-electron chi connectivity index (χ0n) is 10.4. The minimum atomic E-state index is -0.271. The molecule has 1 atom stereocenters. The van der Waals surface area contributed by atoms with Crippen molar-refractivity contribution >= 4 is 17.1 Å². The Bertz CT molecular complexity index is 387. The van der Waals surface area contributed by atoms with Crippen LogP contribution in [-0.4, -0.2) is 43.0 Å². The topological polar surface area (TPSA) is 29.5 Å². The predicted molar refractivity (Wildman–Crippen MR) is 69.9 cm³/mol. The second-order valence-electron chi connectivity index (χ2n) is 4.46. The quantitative estimate of drug-likeness (QED) is 0.771. The van der Waals surface area contributed by atoms with Crippen molar-refractivity contribution in [2.45, 2.75) is 26.4 Å². The summed E-state index contributed by atoms with van der Waals surface area (Å²) in [7, 11) is 0. The first-order chi connectivity index (χ1) is 8.22. The molecular formula is C13H19NO2S. The van der Waals surface area contributed by atoms with Gasteiger partial charge in [-0.05, 0) is 36.9 Å². The first kappa shape index (κ1) is 12.7. The summed E-state index contributed by atoms with van der Waals surface area (Å²) in [6.07, 6.45) is 0.853. The smallest absolute Gasteiger partial charge is 0.203 e. The Hall–Kier alpha value is -0.710. The fraction of sp³-hybridized carbons (Fsp3) is 0.615. The van der Waals surface area contributed by atoms with Crippen molar-refractivity contribution in [2.75, 3.05) is 26.2 Å². The van der Waals surface area contributed by atoms with E-state index >= 15 is 0 Å². The Balaban J connectivity index is 2.02. The maximum absolute atomic E-state index is 12.3. The van der Waals surface area contributed by atoms with Gasteiger partial charge in [0.05, 0.1) is 11.5 Å². The average molecular weight is 253 g/mol. The van der Waals surface area contributed by atoms with Gasteiger partial charge in [-0.15, -0.1) is 11.3 Å². The number of carbonyl (C=O) groups is 1. The summed E-state index contributed by atoms with van der Waals surface area (Å²) in [4.78, 5) is 15.5. The van der Waals surface area contributed by atoms with Gasteiger partial charge in [0.2, 0.25) is 5.78 Å². The van der Waals surface area contributed by atoms with E-state index in [1.807, 2.05) is 18.4 Å². The molecule has 1 aromatic heterocycles. The molecule has 0 aromatic carbocycles. The third-order valence-electron chi connectivity index (χ3n) is 3.07. The summed E-state index contributed by atoms with van der Waals surface area (Å²) in [5.41, 5.74) is 1.07. The third-order valence-corrected chi connectivity index (χ3v) is 4.10. The molecule has 1 unspecified atom stereocenters. The third kappa shape index (κ3) is 2.94. The van der Waals surface area contributed by atoms with Crippen LogP contribution in [0.2, 0.25) is 0 Å². The van der Waals surface area contributed by atoms with E-state index in [0.717, 1.165) is 36.5 Å². The molecule has 1 aliphatic rings. The highest BCUT2D eigenvalue weighted by molar-refractivity contribution is 7.12. The molecule has 0 spiro atoms. The van der Waals surface area contributed by atoms with Gasteiger partial charge in [-0.2, -0.15) is 0 Å². The summed E-state index contributed by atoms with van der Waals surface area (Å²) in [6.45, 7) is 7.55. The molecule has 0 amide bonds. The van der Waals surface area contributed by atoms with E-state index in [1.54, 1.807) is 0 Å². The molecule has 1 fully saturated rings. The molecule has 0 N–H and O–H groups in total. The van der Waals surface area contributed by atoms with Gasteiger partial charge in [-0.3, -0.25) is 9.69 Å². The minimum Gasteiger partial charge on any atom is -0.367 e. The number of rotatable bonds is 4. The highest BCUT2D eigenvalue weighted by Crippen LogP contribution is 2.20. The molecule has 4 heteroatoms. The number of carbonyl (C=O) groups excluding carboxylic acids is 1. The summed E-state index contributed by atoms with van der Waals surface area (Å²) in [6, 6.07) is 1.99. The van der Waals surface area contributed by atoms with E-state index in [4.69, 9.17) is 4.74 Å². The first-order valence-electron chi connectivity index (χ1n) is 6.14. The molecule has 3 nitrogen and oxygen atoms in total. The van der Waals surface area contributed by atoms with Crippen molar-refractivity contribution < 1.29 is 9.53 Å². The van der Waals surface area contributed by atoms with E-state index < -0.39 is 0 Å². The van der Waals surface area contributed by atoms with Crippen LogP contribution in [0.4, 0.5) is 0 Å². The van der Waals surface area contributed by atoms with Gasteiger partial charge in [0.25, 0.3) is 0 Å². The molecule has 0 bridgehead atoms. The molecule has 2 rings (SSSR count). The van der Waals surface area contributed by atoms with Crippen molar-refractivity contribution in [3.8, 4) is 0 Å². The standard InChI is InChI=1S/C13H19NO2S/c1-3-5-14-6-7-16-11(9-14)12(15)13-10(2)4-8-17-13/h4,8,11H,3,5-7,9H2,1-2H3. The maximum Gasteiger partial charge on any atom is 0.203 e. The predicted octanol–water partition coefficient (Wildman–Crippen LogP) is 2.35. The number of Topliss-reactive ketones (excluding diaryl/α,β-unsaturated/α-hetero) is 1. The highest BCUT2D eigenvalue weighted by Gasteiger charge is 2.28. The van der Waals surface area contributed by atoms with Crippen LogP contribution in [0.1, 0.15) is 28.6 Å². The van der Waals surface area contributed by atoms with Gasteiger partial charge >= 0.3 is 0 Å². The van der Waals surface area contributed by atoms with Crippen molar-refractivity contribution in [3.63, 3.8) is 0 Å². The fourth-order valence-corrected chi connectivity index (χ4v) is 3.06. The Morgan fingerprint density at radius 1 is 1.65 bits per heavy atom. The summed E-state index contributed by atoms with van der Waals surface area (Å²) in [5.74, 6) is 0.151. The van der Waals surface area contributed by atoms with Crippen LogP contribution in [0.5, 0.6) is 0 Å². The van der Waals surface area contributed by atoms with Crippen molar-refractivity contribution in [1.82, 2.24) is 4.90 Å². The Kier molecular flexibility index (Phi) is 4.31. The van der Waals surface area contributed by atoms with E-state index in [0.29, 0.717) is 6.61 Å². The largest absolute Gasteiger partial charge is 0.367 e. The fourth-order valence-electron chi connectivity index (χ4n) is 2.15. The van der Waals surface area contributed by atoms with Crippen molar-refractivity contribution in [2.24, 2.45) is 0 Å². The number of ether oxygens (including phenoxy) is 1. The molecule has 0 aliphatic carbocycles. The normalized spacial score (nSPS) is 21.6. The van der Waals surface area contributed by atoms with Crippen LogP contribution in [0, 0.1) is 6.92 Å². The van der Waals surface area contributed by atoms with Crippen LogP contribution in [0.25, 0.3) is 0 Å². The molecule has 0 saturated carbocycles. The van der Waals surface area contributed by atoms with E-state index in [-0.39, 0.29) is 11.9 Å². The zero-order valence-corrected chi connectivity index (χ0v) is 11.3. The monoisotopic (exact) mass is 253 g/mol. The lowest BCUT2D eigenvalue weighted by Gasteiger charge is -2.31. The van der Waals surface area contributed by atoms with Gasteiger partial charge < -0.3 is 4.74 Å². The lowest BCUT2D eigenvalue weighted by Crippen LogP contribution is -2.46. The summed E-state index contributed by atoms with van der Waals surface area (Å²) < 4.78 is 5.61. The summed E-state index contributed by atoms with van der Waals surface area (Å²) >= 11 is 1.52. The Morgan fingerprint density at radius 3 is 3.12 bits per heavy atom. The molecule has 17 heavy (non-hydrogen) atoms. The van der Waals surface area contributed by atoms with Crippen LogP contribution >= 0.6 is 11.3 Å². The number of hydrogen-bond acceptors (Lipinski definition) is 4. The maximum atomic E-state index is 12.3. The average Bonchev–Trinajstić information content (AvgIpc) is 2.75. The van der Waals surface area contributed by atoms with Crippen LogP contribution in [-0.2, 0) is 4.74 Å². The van der Waals surface area contributed by atoms with Gasteiger partial charge in [0.1, 0.15) is 6.10 Å². The van der Waals surface area contributed by atoms with Gasteiger partial charge in [0.15, 0.2) is 0 Å².